The average Bonchev–Trinajstić information content (AvgIpc) is 2.78. The van der Waals surface area contributed by atoms with Crippen LogP contribution in [0.4, 0.5) is 8.78 Å². The molecule has 1 unspecified atom stereocenters. The molecule has 102 valence electrons. The van der Waals surface area contributed by atoms with E-state index in [1.807, 2.05) is 0 Å². The van der Waals surface area contributed by atoms with Gasteiger partial charge in [0.25, 0.3) is 0 Å². The molecule has 1 aromatic carbocycles. The van der Waals surface area contributed by atoms with Crippen LogP contribution in [0.1, 0.15) is 23.1 Å². The third-order valence-corrected chi connectivity index (χ3v) is 2.76. The maximum atomic E-state index is 13.2. The van der Waals surface area contributed by atoms with Gasteiger partial charge in [0.05, 0.1) is 6.04 Å². The van der Waals surface area contributed by atoms with Crippen LogP contribution in [0.2, 0.25) is 0 Å². The molecule has 1 N–H and O–H groups in total. The van der Waals surface area contributed by atoms with Crippen molar-refractivity contribution in [1.82, 2.24) is 5.32 Å². The maximum absolute atomic E-state index is 13.2. The van der Waals surface area contributed by atoms with Gasteiger partial charge in [-0.05, 0) is 36.9 Å². The monoisotopic (exact) mass is 267 g/mol. The molecule has 0 fully saturated rings. The highest BCUT2D eigenvalue weighted by Crippen LogP contribution is 2.25. The number of rotatable bonds is 5. The first kappa shape index (κ1) is 13.7. The van der Waals surface area contributed by atoms with E-state index in [2.05, 4.69) is 5.32 Å². The van der Waals surface area contributed by atoms with Crippen molar-refractivity contribution in [2.24, 2.45) is 0 Å². The Hall–Kier alpha value is -1.72. The van der Waals surface area contributed by atoms with E-state index in [-0.39, 0.29) is 0 Å². The summed E-state index contributed by atoms with van der Waals surface area (Å²) in [5.41, 5.74) is 0.471. The first-order valence-corrected chi connectivity index (χ1v) is 5.85. The molecule has 0 amide bonds. The van der Waals surface area contributed by atoms with Crippen molar-refractivity contribution in [2.45, 2.75) is 12.6 Å². The van der Waals surface area contributed by atoms with Crippen LogP contribution in [-0.4, -0.2) is 14.2 Å². The number of nitrogens with one attached hydrogen (secondary N) is 1. The van der Waals surface area contributed by atoms with E-state index in [1.54, 1.807) is 26.3 Å². The molecule has 0 saturated heterocycles. The first-order valence-electron chi connectivity index (χ1n) is 5.85. The lowest BCUT2D eigenvalue weighted by molar-refractivity contribution is 0.162. The molecule has 2 rings (SSSR count). The second kappa shape index (κ2) is 5.95. The molecular formula is C14H15F2NO2. The minimum atomic E-state index is -0.612. The van der Waals surface area contributed by atoms with Crippen LogP contribution in [0.25, 0.3) is 0 Å². The molecule has 1 aromatic heterocycles. The summed E-state index contributed by atoms with van der Waals surface area (Å²) in [7, 11) is 3.27. The topological polar surface area (TPSA) is 34.4 Å². The van der Waals surface area contributed by atoms with Crippen molar-refractivity contribution in [3.63, 3.8) is 0 Å². The molecule has 3 nitrogen and oxygen atoms in total. The van der Waals surface area contributed by atoms with Gasteiger partial charge >= 0.3 is 0 Å². The predicted molar refractivity (Wildman–Crippen MR) is 66.7 cm³/mol. The molecule has 1 atom stereocenters. The van der Waals surface area contributed by atoms with Crippen molar-refractivity contribution in [3.05, 3.63) is 59.1 Å². The number of furan rings is 1. The third kappa shape index (κ3) is 3.19. The van der Waals surface area contributed by atoms with Crippen molar-refractivity contribution < 1.29 is 17.9 Å². The van der Waals surface area contributed by atoms with Gasteiger partial charge in [-0.2, -0.15) is 0 Å². The molecular weight excluding hydrogens is 252 g/mol. The van der Waals surface area contributed by atoms with Gasteiger partial charge in [0.15, 0.2) is 0 Å². The lowest BCUT2D eigenvalue weighted by Crippen LogP contribution is -2.17. The predicted octanol–water partition coefficient (Wildman–Crippen LogP) is 3.01. The Kier molecular flexibility index (Phi) is 4.29. The van der Waals surface area contributed by atoms with Crippen LogP contribution < -0.4 is 5.32 Å². The van der Waals surface area contributed by atoms with E-state index in [0.29, 0.717) is 23.7 Å². The summed E-state index contributed by atoms with van der Waals surface area (Å²) in [4.78, 5) is 0. The first-order chi connectivity index (χ1) is 9.13. The number of halogens is 2. The van der Waals surface area contributed by atoms with Crippen LogP contribution in [0, 0.1) is 11.6 Å². The average molecular weight is 267 g/mol. The SMILES string of the molecule is CNC(c1cc(F)cc(F)c1)c1ccc(COC)o1. The number of benzene rings is 1. The smallest absolute Gasteiger partial charge is 0.129 e. The third-order valence-electron chi connectivity index (χ3n) is 2.76. The molecule has 0 spiro atoms. The molecule has 0 saturated carbocycles. The molecule has 5 heteroatoms. The molecule has 0 aliphatic heterocycles. The minimum Gasteiger partial charge on any atom is -0.462 e. The fourth-order valence-corrected chi connectivity index (χ4v) is 1.98. The second-order valence-electron chi connectivity index (χ2n) is 4.16. The van der Waals surface area contributed by atoms with Gasteiger partial charge in [-0.3, -0.25) is 0 Å². The Morgan fingerprint density at radius 2 is 1.89 bits per heavy atom. The summed E-state index contributed by atoms with van der Waals surface area (Å²) in [5.74, 6) is 0.0204. The van der Waals surface area contributed by atoms with Gasteiger partial charge < -0.3 is 14.5 Å². The van der Waals surface area contributed by atoms with Crippen LogP contribution in [0.5, 0.6) is 0 Å². The molecule has 1 heterocycles. The number of hydrogen-bond donors (Lipinski definition) is 1. The van der Waals surface area contributed by atoms with Gasteiger partial charge in [-0.1, -0.05) is 0 Å². The fraction of sp³-hybridized carbons (Fsp3) is 0.286. The van der Waals surface area contributed by atoms with Gasteiger partial charge in [-0.25, -0.2) is 8.78 Å². The van der Waals surface area contributed by atoms with E-state index in [9.17, 15) is 8.78 Å². The lowest BCUT2D eigenvalue weighted by Gasteiger charge is -2.14. The number of hydrogen-bond acceptors (Lipinski definition) is 3. The summed E-state index contributed by atoms with van der Waals surface area (Å²) in [6.07, 6.45) is 0. The van der Waals surface area contributed by atoms with E-state index in [0.717, 1.165) is 6.07 Å². The highest BCUT2D eigenvalue weighted by molar-refractivity contribution is 5.28. The van der Waals surface area contributed by atoms with Crippen LogP contribution in [0.15, 0.2) is 34.7 Å². The summed E-state index contributed by atoms with van der Waals surface area (Å²) in [6.45, 7) is 0.355. The van der Waals surface area contributed by atoms with E-state index in [4.69, 9.17) is 9.15 Å². The molecule has 0 aliphatic carbocycles. The summed E-state index contributed by atoms with van der Waals surface area (Å²) in [6, 6.07) is 6.54. The molecule has 0 aliphatic rings. The quantitative estimate of drug-likeness (QED) is 0.904. The van der Waals surface area contributed by atoms with Crippen LogP contribution in [0.3, 0.4) is 0 Å². The summed E-state index contributed by atoms with van der Waals surface area (Å²) >= 11 is 0. The van der Waals surface area contributed by atoms with E-state index >= 15 is 0 Å². The normalized spacial score (nSPS) is 12.6. The highest BCUT2D eigenvalue weighted by atomic mass is 19.1. The Morgan fingerprint density at radius 1 is 1.21 bits per heavy atom. The molecule has 2 aromatic rings. The minimum absolute atomic E-state index is 0.355. The van der Waals surface area contributed by atoms with Gasteiger partial charge in [-0.15, -0.1) is 0 Å². The summed E-state index contributed by atoms with van der Waals surface area (Å²) < 4.78 is 37.0. The number of methoxy groups -OCH3 is 1. The lowest BCUT2D eigenvalue weighted by atomic mass is 10.0. The Morgan fingerprint density at radius 3 is 2.47 bits per heavy atom. The van der Waals surface area contributed by atoms with Crippen molar-refractivity contribution in [1.29, 1.82) is 0 Å². The van der Waals surface area contributed by atoms with Gasteiger partial charge in [0.1, 0.15) is 29.8 Å². The Bertz CT molecular complexity index is 534. The molecule has 0 radical (unpaired) electrons. The van der Waals surface area contributed by atoms with Gasteiger partial charge in [0.2, 0.25) is 0 Å². The fourth-order valence-electron chi connectivity index (χ4n) is 1.98. The van der Waals surface area contributed by atoms with Gasteiger partial charge in [0, 0.05) is 13.2 Å². The molecule has 19 heavy (non-hydrogen) atoms. The van der Waals surface area contributed by atoms with E-state index in [1.165, 1.54) is 12.1 Å². The molecule has 0 bridgehead atoms. The largest absolute Gasteiger partial charge is 0.462 e. The second-order valence-corrected chi connectivity index (χ2v) is 4.16. The van der Waals surface area contributed by atoms with E-state index < -0.39 is 17.7 Å². The maximum Gasteiger partial charge on any atom is 0.129 e. The van der Waals surface area contributed by atoms with Crippen LogP contribution in [-0.2, 0) is 11.3 Å². The van der Waals surface area contributed by atoms with Crippen molar-refractivity contribution in [2.75, 3.05) is 14.2 Å². The van der Waals surface area contributed by atoms with Crippen molar-refractivity contribution >= 4 is 0 Å². The van der Waals surface area contributed by atoms with Crippen LogP contribution >= 0.6 is 0 Å². The zero-order valence-electron chi connectivity index (χ0n) is 10.7. The number of ether oxygens (including phenoxy) is 1. The Balaban J connectivity index is 2.32. The summed E-state index contributed by atoms with van der Waals surface area (Å²) in [5, 5.41) is 2.98. The Labute approximate surface area is 110 Å². The zero-order chi connectivity index (χ0) is 13.8. The van der Waals surface area contributed by atoms with Crippen molar-refractivity contribution in [3.8, 4) is 0 Å². The standard InChI is InChI=1S/C14H15F2NO2/c1-17-14(9-5-10(15)7-11(16)6-9)13-4-3-12(19-13)8-18-2/h3-7,14,17H,8H2,1-2H3. The zero-order valence-corrected chi connectivity index (χ0v) is 10.7. The highest BCUT2D eigenvalue weighted by Gasteiger charge is 2.17.